The van der Waals surface area contributed by atoms with Crippen molar-refractivity contribution in [1.82, 2.24) is 0 Å². The first kappa shape index (κ1) is 38.2. The molecule has 0 heterocycles. The van der Waals surface area contributed by atoms with E-state index in [4.69, 9.17) is 13.6 Å². The smallest absolute Gasteiger partial charge is 0.305 e. The number of esters is 1. The van der Waals surface area contributed by atoms with Crippen molar-refractivity contribution in [2.75, 3.05) is 7.11 Å². The van der Waals surface area contributed by atoms with Gasteiger partial charge in [0.1, 0.15) is 0 Å². The van der Waals surface area contributed by atoms with E-state index in [1.807, 2.05) is 0 Å². The monoisotopic (exact) mass is 658 g/mol. The van der Waals surface area contributed by atoms with Gasteiger partial charge in [-0.05, 0) is 97.8 Å². The molecular weight excluding hydrogens is 593 g/mol. The molecule has 5 atom stereocenters. The Kier molecular flexibility index (Phi) is 13.4. The summed E-state index contributed by atoms with van der Waals surface area (Å²) in [6.45, 7) is 23.3. The molecule has 0 aromatic heterocycles. The van der Waals surface area contributed by atoms with E-state index in [1.165, 1.54) is 50.3 Å². The molecule has 2 saturated carbocycles. The molecule has 1 N–H and O–H groups in total. The highest BCUT2D eigenvalue weighted by molar-refractivity contribution is 6.74. The predicted octanol–water partition coefficient (Wildman–Crippen LogP) is 10.5. The van der Waals surface area contributed by atoms with Gasteiger partial charge < -0.3 is 18.7 Å². The average Bonchev–Trinajstić information content (AvgIpc) is 3.26. The van der Waals surface area contributed by atoms with Crippen LogP contribution in [-0.4, -0.2) is 47.0 Å². The molecule has 2 aliphatic rings. The summed E-state index contributed by atoms with van der Waals surface area (Å²) in [6.07, 6.45) is 14.0. The van der Waals surface area contributed by atoms with Crippen LogP contribution in [0.15, 0.2) is 36.4 Å². The van der Waals surface area contributed by atoms with Gasteiger partial charge in [-0.15, -0.1) is 0 Å². The van der Waals surface area contributed by atoms with Gasteiger partial charge in [-0.1, -0.05) is 97.2 Å². The highest BCUT2D eigenvalue weighted by Crippen LogP contribution is 2.49. The number of carbonyl (C=O) groups excluding carboxylic acids is 1. The maximum Gasteiger partial charge on any atom is 0.305 e. The van der Waals surface area contributed by atoms with Crippen molar-refractivity contribution < 1.29 is 23.5 Å². The fourth-order valence-corrected chi connectivity index (χ4v) is 9.30. The van der Waals surface area contributed by atoms with Gasteiger partial charge in [-0.3, -0.25) is 4.79 Å². The Morgan fingerprint density at radius 2 is 1.53 bits per heavy atom. The summed E-state index contributed by atoms with van der Waals surface area (Å²) in [4.78, 5) is 11.5. The minimum atomic E-state index is -2.05. The molecule has 1 unspecified atom stereocenters. The topological polar surface area (TPSA) is 65.0 Å². The number of carbonyl (C=O) groups is 1. The SMILES string of the molecule is COC(=O)CCC/C=C\C[C@@H]1[C@@H](c2ccc(C(O[Si](C)(C)C(C)(C)C)C3CCCCC3)cc2)[C@H](O[Si](C)(C)C(C)(C)C)C[C@@H]1O. The highest BCUT2D eigenvalue weighted by Gasteiger charge is 2.48. The third-order valence-corrected chi connectivity index (χ3v) is 20.6. The quantitative estimate of drug-likeness (QED) is 0.0989. The zero-order chi connectivity index (χ0) is 33.6. The molecule has 0 saturated heterocycles. The van der Waals surface area contributed by atoms with Crippen molar-refractivity contribution in [2.24, 2.45) is 11.8 Å². The van der Waals surface area contributed by atoms with Gasteiger partial charge in [0.15, 0.2) is 16.6 Å². The molecular formula is C38H66O5Si2. The Balaban J connectivity index is 1.90. The van der Waals surface area contributed by atoms with Gasteiger partial charge in [-0.2, -0.15) is 0 Å². The summed E-state index contributed by atoms with van der Waals surface area (Å²) in [5.74, 6) is 0.611. The molecule has 5 nitrogen and oxygen atoms in total. The molecule has 0 aliphatic heterocycles. The lowest BCUT2D eigenvalue weighted by atomic mass is 9.81. The lowest BCUT2D eigenvalue weighted by molar-refractivity contribution is -0.140. The maximum absolute atomic E-state index is 11.5. The number of allylic oxidation sites excluding steroid dienone is 2. The number of aliphatic hydroxyl groups is 1. The number of rotatable bonds is 13. The fraction of sp³-hybridized carbons (Fsp3) is 0.763. The summed E-state index contributed by atoms with van der Waals surface area (Å²) in [5.41, 5.74) is 2.57. The minimum absolute atomic E-state index is 0.0120. The predicted molar refractivity (Wildman–Crippen MR) is 193 cm³/mol. The van der Waals surface area contributed by atoms with Crippen molar-refractivity contribution in [3.05, 3.63) is 47.5 Å². The van der Waals surface area contributed by atoms with Crippen LogP contribution in [0.3, 0.4) is 0 Å². The van der Waals surface area contributed by atoms with E-state index in [1.54, 1.807) is 0 Å². The summed E-state index contributed by atoms with van der Waals surface area (Å²) >= 11 is 0. The molecule has 256 valence electrons. The van der Waals surface area contributed by atoms with Crippen LogP contribution in [0.2, 0.25) is 36.3 Å². The number of ether oxygens (including phenoxy) is 1. The summed E-state index contributed by atoms with van der Waals surface area (Å²) in [6, 6.07) is 9.29. The van der Waals surface area contributed by atoms with Gasteiger partial charge in [0.05, 0.1) is 25.4 Å². The van der Waals surface area contributed by atoms with Gasteiger partial charge in [-0.25, -0.2) is 0 Å². The van der Waals surface area contributed by atoms with Crippen molar-refractivity contribution in [2.45, 2.75) is 166 Å². The normalized spacial score (nSPS) is 24.7. The van der Waals surface area contributed by atoms with Crippen LogP contribution in [-0.2, 0) is 18.4 Å². The number of aliphatic hydroxyl groups excluding tert-OH is 1. The first-order valence-corrected chi connectivity index (χ1v) is 23.5. The molecule has 45 heavy (non-hydrogen) atoms. The third kappa shape index (κ3) is 10.1. The van der Waals surface area contributed by atoms with E-state index in [-0.39, 0.29) is 40.1 Å². The van der Waals surface area contributed by atoms with E-state index in [0.29, 0.717) is 18.8 Å². The van der Waals surface area contributed by atoms with Crippen molar-refractivity contribution >= 4 is 22.6 Å². The Hall–Kier alpha value is -1.26. The average molecular weight is 659 g/mol. The molecule has 0 amide bonds. The zero-order valence-electron chi connectivity index (χ0n) is 30.6. The fourth-order valence-electron chi connectivity index (χ4n) is 6.63. The zero-order valence-corrected chi connectivity index (χ0v) is 32.6. The Bertz CT molecular complexity index is 1090. The molecule has 0 spiro atoms. The molecule has 2 aliphatic carbocycles. The lowest BCUT2D eigenvalue weighted by Crippen LogP contribution is -2.44. The van der Waals surface area contributed by atoms with E-state index in [9.17, 15) is 9.90 Å². The second-order valence-electron chi connectivity index (χ2n) is 16.9. The van der Waals surface area contributed by atoms with E-state index in [0.717, 1.165) is 19.3 Å². The van der Waals surface area contributed by atoms with Crippen LogP contribution < -0.4 is 0 Å². The largest absolute Gasteiger partial charge is 0.469 e. The molecule has 0 radical (unpaired) electrons. The highest BCUT2D eigenvalue weighted by atomic mass is 28.4. The maximum atomic E-state index is 11.5. The van der Waals surface area contributed by atoms with Crippen LogP contribution in [0, 0.1) is 11.8 Å². The number of hydrogen-bond donors (Lipinski definition) is 1. The first-order valence-electron chi connectivity index (χ1n) is 17.7. The van der Waals surface area contributed by atoms with Gasteiger partial charge in [0.2, 0.25) is 0 Å². The first-order chi connectivity index (χ1) is 20.9. The summed E-state index contributed by atoms with van der Waals surface area (Å²) < 4.78 is 19.1. The Morgan fingerprint density at radius 3 is 2.09 bits per heavy atom. The van der Waals surface area contributed by atoms with E-state index >= 15 is 0 Å². The number of hydrogen-bond acceptors (Lipinski definition) is 5. The number of benzene rings is 1. The minimum Gasteiger partial charge on any atom is -0.469 e. The Morgan fingerprint density at radius 1 is 0.933 bits per heavy atom. The molecule has 2 fully saturated rings. The molecule has 0 bridgehead atoms. The van der Waals surface area contributed by atoms with Crippen LogP contribution >= 0.6 is 0 Å². The van der Waals surface area contributed by atoms with Crippen molar-refractivity contribution in [3.8, 4) is 0 Å². The van der Waals surface area contributed by atoms with Gasteiger partial charge in [0, 0.05) is 12.3 Å². The Labute approximate surface area is 278 Å². The number of unbranched alkanes of at least 4 members (excludes halogenated alkanes) is 1. The third-order valence-electron chi connectivity index (χ3n) is 11.6. The van der Waals surface area contributed by atoms with E-state index in [2.05, 4.69) is 104 Å². The standard InChI is InChI=1S/C38H66O5Si2/c1-37(2,3)44(8,9)42-33-27-32(39)31(21-17-12-13-18-22-34(40)41-7)35(33)28-23-25-30(26-24-28)36(29-19-15-14-16-20-29)43-45(10,11)38(4,5)6/h12,17,23-26,29,31-33,35-36,39H,13-16,18-22,27H2,1-11H3/b17-12-/t31-,32-,33+,35+,36?/m0/s1. The lowest BCUT2D eigenvalue weighted by Gasteiger charge is -2.42. The second-order valence-corrected chi connectivity index (χ2v) is 26.5. The second kappa shape index (κ2) is 15.8. The van der Waals surface area contributed by atoms with Crippen LogP contribution in [0.1, 0.15) is 129 Å². The molecule has 1 aromatic rings. The van der Waals surface area contributed by atoms with Crippen LogP contribution in [0.5, 0.6) is 0 Å². The van der Waals surface area contributed by atoms with Crippen molar-refractivity contribution in [1.29, 1.82) is 0 Å². The number of methoxy groups -OCH3 is 1. The molecule has 3 rings (SSSR count). The van der Waals surface area contributed by atoms with E-state index < -0.39 is 22.7 Å². The van der Waals surface area contributed by atoms with Crippen LogP contribution in [0.4, 0.5) is 0 Å². The van der Waals surface area contributed by atoms with Gasteiger partial charge in [0.25, 0.3) is 0 Å². The van der Waals surface area contributed by atoms with Crippen LogP contribution in [0.25, 0.3) is 0 Å². The summed E-state index contributed by atoms with van der Waals surface area (Å²) in [5, 5.41) is 11.7. The molecule has 7 heteroatoms. The summed E-state index contributed by atoms with van der Waals surface area (Å²) in [7, 11) is -2.58. The van der Waals surface area contributed by atoms with Gasteiger partial charge >= 0.3 is 5.97 Å². The molecule has 1 aromatic carbocycles. The van der Waals surface area contributed by atoms with Crippen molar-refractivity contribution in [3.63, 3.8) is 0 Å².